The van der Waals surface area contributed by atoms with Crippen molar-refractivity contribution in [1.29, 1.82) is 0 Å². The van der Waals surface area contributed by atoms with Gasteiger partial charge in [-0.1, -0.05) is 5.16 Å². The van der Waals surface area contributed by atoms with Gasteiger partial charge in [0.2, 0.25) is 5.60 Å². The number of fused-ring (bicyclic) bond motifs is 2. The highest BCUT2D eigenvalue weighted by molar-refractivity contribution is 8.00. The van der Waals surface area contributed by atoms with Gasteiger partial charge < -0.3 is 30.5 Å². The average Bonchev–Trinajstić information content (AvgIpc) is 3.55. The SMILES string of the molecule is CC(C)(O/N=C(\C(=O)N[C@@H]1C(=O)N2C(C(=O)O)=C(C[n+]3ccn4cccc4c3)CS[C@@H]12)c1csc(N)n1)C(=O)O. The van der Waals surface area contributed by atoms with Crippen molar-refractivity contribution in [3.8, 4) is 0 Å². The fourth-order valence-electron chi connectivity index (χ4n) is 4.16. The quantitative estimate of drug-likeness (QED) is 0.117. The summed E-state index contributed by atoms with van der Waals surface area (Å²) >= 11 is 2.35. The number of carbonyl (C=O) groups excluding carboxylic acids is 2. The highest BCUT2D eigenvalue weighted by Crippen LogP contribution is 2.40. The fraction of sp³-hybridized carbons (Fsp3) is 0.292. The molecule has 2 aliphatic rings. The molecule has 0 radical (unpaired) electrons. The lowest BCUT2D eigenvalue weighted by Crippen LogP contribution is -2.71. The van der Waals surface area contributed by atoms with Crippen molar-refractivity contribution in [3.63, 3.8) is 0 Å². The molecule has 3 aromatic heterocycles. The number of thiazole rings is 1. The number of anilines is 1. The van der Waals surface area contributed by atoms with E-state index in [2.05, 4.69) is 15.5 Å². The molecule has 0 saturated carbocycles. The Morgan fingerprint density at radius 1 is 1.32 bits per heavy atom. The Balaban J connectivity index is 1.36. The molecule has 5 N–H and O–H groups in total. The second kappa shape index (κ2) is 10.3. The second-order valence-corrected chi connectivity index (χ2v) is 11.5. The number of β-lactam (4-membered cyclic amide) rings is 1. The monoisotopic (exact) mass is 586 g/mol. The molecule has 0 aliphatic carbocycles. The van der Waals surface area contributed by atoms with Gasteiger partial charge in [-0.3, -0.25) is 14.5 Å². The highest BCUT2D eigenvalue weighted by Gasteiger charge is 2.55. The van der Waals surface area contributed by atoms with Crippen LogP contribution in [0.4, 0.5) is 5.13 Å². The predicted octanol–water partition coefficient (Wildman–Crippen LogP) is 0.288. The first kappa shape index (κ1) is 27.1. The third kappa shape index (κ3) is 4.98. The van der Waals surface area contributed by atoms with Crippen molar-refractivity contribution in [1.82, 2.24) is 19.6 Å². The van der Waals surface area contributed by atoms with Crippen LogP contribution in [0.15, 0.2) is 58.7 Å². The highest BCUT2D eigenvalue weighted by atomic mass is 32.2. The molecule has 16 heteroatoms. The van der Waals surface area contributed by atoms with Gasteiger partial charge in [0.1, 0.15) is 28.3 Å². The molecule has 2 atom stereocenters. The van der Waals surface area contributed by atoms with Gasteiger partial charge in [-0.2, -0.15) is 4.57 Å². The van der Waals surface area contributed by atoms with E-state index in [4.69, 9.17) is 10.6 Å². The Labute approximate surface area is 234 Å². The fourth-order valence-corrected chi connectivity index (χ4v) is 6.04. The Kier molecular flexibility index (Phi) is 6.97. The smallest absolute Gasteiger partial charge is 0.352 e. The molecule has 14 nitrogen and oxygen atoms in total. The van der Waals surface area contributed by atoms with Crippen molar-refractivity contribution in [2.75, 3.05) is 11.5 Å². The second-order valence-electron chi connectivity index (χ2n) is 9.48. The molecule has 0 spiro atoms. The Hall–Kier alpha value is -4.44. The van der Waals surface area contributed by atoms with Gasteiger partial charge >= 0.3 is 11.9 Å². The van der Waals surface area contributed by atoms with Crippen LogP contribution in [0, 0.1) is 0 Å². The molecular weight excluding hydrogens is 562 g/mol. The van der Waals surface area contributed by atoms with Gasteiger partial charge in [-0.15, -0.1) is 23.1 Å². The van der Waals surface area contributed by atoms with Crippen LogP contribution in [0.3, 0.4) is 0 Å². The van der Waals surface area contributed by atoms with E-state index in [1.54, 1.807) is 0 Å². The summed E-state index contributed by atoms with van der Waals surface area (Å²) in [6.45, 7) is 2.77. The van der Waals surface area contributed by atoms with Gasteiger partial charge in [0.15, 0.2) is 29.8 Å². The molecule has 3 aromatic rings. The number of carboxylic acid groups (broad SMARTS) is 2. The van der Waals surface area contributed by atoms with E-state index in [9.17, 15) is 29.4 Å². The van der Waals surface area contributed by atoms with Crippen LogP contribution >= 0.6 is 23.1 Å². The third-order valence-electron chi connectivity index (χ3n) is 6.30. The molecule has 2 amide bonds. The van der Waals surface area contributed by atoms with E-state index in [-0.39, 0.29) is 28.8 Å². The average molecular weight is 587 g/mol. The van der Waals surface area contributed by atoms with Crippen LogP contribution in [-0.4, -0.2) is 76.7 Å². The summed E-state index contributed by atoms with van der Waals surface area (Å²) < 4.78 is 3.77. The largest absolute Gasteiger partial charge is 0.478 e. The molecule has 0 bridgehead atoms. The van der Waals surface area contributed by atoms with Crippen molar-refractivity contribution >= 4 is 63.2 Å². The molecule has 1 fully saturated rings. The number of carbonyl (C=O) groups is 4. The zero-order valence-corrected chi connectivity index (χ0v) is 22.8. The van der Waals surface area contributed by atoms with E-state index in [0.717, 1.165) is 16.9 Å². The van der Waals surface area contributed by atoms with Gasteiger partial charge in [0.05, 0.1) is 6.20 Å². The van der Waals surface area contributed by atoms with E-state index in [1.165, 1.54) is 35.9 Å². The van der Waals surface area contributed by atoms with Crippen LogP contribution in [0.25, 0.3) is 5.52 Å². The molecule has 5 heterocycles. The van der Waals surface area contributed by atoms with E-state index in [0.29, 0.717) is 11.3 Å². The number of nitrogens with zero attached hydrogens (tertiary/aromatic N) is 5. The van der Waals surface area contributed by atoms with E-state index < -0.39 is 40.8 Å². The molecule has 1 saturated heterocycles. The van der Waals surface area contributed by atoms with E-state index >= 15 is 0 Å². The van der Waals surface area contributed by atoms with Crippen molar-refractivity contribution < 1.29 is 38.8 Å². The zero-order valence-electron chi connectivity index (χ0n) is 21.2. The van der Waals surface area contributed by atoms with Crippen molar-refractivity contribution in [2.24, 2.45) is 5.16 Å². The van der Waals surface area contributed by atoms with Gasteiger partial charge in [0.25, 0.3) is 11.8 Å². The minimum absolute atomic E-state index is 0.0338. The van der Waals surface area contributed by atoms with Gasteiger partial charge in [-0.05, 0) is 26.0 Å². The summed E-state index contributed by atoms with van der Waals surface area (Å²) in [6.07, 6.45) is 7.45. The summed E-state index contributed by atoms with van der Waals surface area (Å²) in [4.78, 5) is 60.3. The number of nitrogen functional groups attached to an aromatic ring is 1. The number of nitrogens with one attached hydrogen (secondary N) is 1. The maximum absolute atomic E-state index is 13.2. The summed E-state index contributed by atoms with van der Waals surface area (Å²) in [5, 5.41) is 26.5. The first-order valence-corrected chi connectivity index (χ1v) is 13.8. The molecule has 5 rings (SSSR count). The molecular formula is C24H24N7O7S2+. The summed E-state index contributed by atoms with van der Waals surface area (Å²) in [6, 6.07) is 2.77. The minimum atomic E-state index is -1.75. The molecule has 2 aliphatic heterocycles. The van der Waals surface area contributed by atoms with Crippen molar-refractivity contribution in [2.45, 2.75) is 37.4 Å². The first-order valence-electron chi connectivity index (χ1n) is 11.8. The molecule has 0 unspecified atom stereocenters. The lowest BCUT2D eigenvalue weighted by Gasteiger charge is -2.49. The molecule has 208 valence electrons. The number of aliphatic carboxylic acids is 2. The topological polar surface area (TPSA) is 193 Å². The standard InChI is InChI=1S/C24H23N7O7S2/c1-24(2,22(36)37)38-28-15(14-11-40-23(25)26-14)18(32)27-16-19(33)31-17(21(34)35)12(10-39-20(16)31)8-29-6-7-30-5-3-4-13(30)9-29/h3-7,9,11,16,20H,8,10H2,1-2H3,(H4-,25,26,27,32,34,35,36,37)/p+1/b28-15-/t16-,20+/m1/s1. The number of thioether (sulfide) groups is 1. The Morgan fingerprint density at radius 3 is 2.77 bits per heavy atom. The van der Waals surface area contributed by atoms with Gasteiger partial charge in [-0.25, -0.2) is 14.6 Å². The molecule has 0 aromatic carbocycles. The number of aromatic nitrogens is 3. The van der Waals surface area contributed by atoms with E-state index in [1.807, 2.05) is 45.9 Å². The maximum atomic E-state index is 13.2. The third-order valence-corrected chi connectivity index (χ3v) is 8.31. The van der Waals surface area contributed by atoms with Gasteiger partial charge in [0, 0.05) is 22.9 Å². The predicted molar refractivity (Wildman–Crippen MR) is 143 cm³/mol. The number of oxime groups is 1. The molecule has 40 heavy (non-hydrogen) atoms. The Bertz CT molecular complexity index is 1610. The number of hydrogen-bond donors (Lipinski definition) is 4. The van der Waals surface area contributed by atoms with Crippen molar-refractivity contribution in [3.05, 3.63) is 59.3 Å². The number of amides is 2. The summed E-state index contributed by atoms with van der Waals surface area (Å²) in [5.41, 5.74) is 4.96. The maximum Gasteiger partial charge on any atom is 0.352 e. The van der Waals surface area contributed by atoms with Crippen LogP contribution < -0.4 is 15.6 Å². The summed E-state index contributed by atoms with van der Waals surface area (Å²) in [7, 11) is 0. The number of nitrogens with two attached hydrogens (primary N) is 1. The summed E-state index contributed by atoms with van der Waals surface area (Å²) in [5.74, 6) is -3.69. The van der Waals surface area contributed by atoms with Crippen LogP contribution in [0.2, 0.25) is 0 Å². The first-order chi connectivity index (χ1) is 19.0. The lowest BCUT2D eigenvalue weighted by molar-refractivity contribution is -0.688. The Morgan fingerprint density at radius 2 is 2.10 bits per heavy atom. The zero-order chi connectivity index (χ0) is 28.8. The van der Waals surface area contributed by atoms with Crippen LogP contribution in [-0.2, 0) is 30.6 Å². The van der Waals surface area contributed by atoms with Crippen LogP contribution in [0.5, 0.6) is 0 Å². The number of rotatable bonds is 9. The number of hydrogen-bond acceptors (Lipinski definition) is 10. The normalized spacial score (nSPS) is 19.3. The minimum Gasteiger partial charge on any atom is -0.478 e. The lowest BCUT2D eigenvalue weighted by atomic mass is 10.0. The number of carboxylic acids is 2. The van der Waals surface area contributed by atoms with Crippen LogP contribution in [0.1, 0.15) is 19.5 Å².